The van der Waals surface area contributed by atoms with Crippen molar-refractivity contribution < 1.29 is 8.39 Å². The van der Waals surface area contributed by atoms with Crippen LogP contribution in [0.25, 0.3) is 0 Å². The van der Waals surface area contributed by atoms with Crippen molar-refractivity contribution in [2.45, 2.75) is 0 Å². The van der Waals surface area contributed by atoms with E-state index in [-0.39, 0.29) is 0 Å². The van der Waals surface area contributed by atoms with E-state index in [1.807, 2.05) is 0 Å². The van der Waals surface area contributed by atoms with Crippen LogP contribution in [0, 0.1) is 0 Å². The molecule has 0 spiro atoms. The van der Waals surface area contributed by atoms with Crippen LogP contribution in [0.5, 0.6) is 0 Å². The van der Waals surface area contributed by atoms with Crippen molar-refractivity contribution in [1.82, 2.24) is 0 Å². The summed E-state index contributed by atoms with van der Waals surface area (Å²) < 4.78 is 21.6. The monoisotopic (exact) mass is 134 g/mol. The second kappa shape index (κ2) is 1.54. The van der Waals surface area contributed by atoms with Gasteiger partial charge in [0.1, 0.15) is 0 Å². The van der Waals surface area contributed by atoms with Gasteiger partial charge in [-0.25, -0.2) is 0 Å². The molecule has 0 saturated heterocycles. The first kappa shape index (κ1) is 5.86. The van der Waals surface area contributed by atoms with Crippen molar-refractivity contribution in [2.24, 2.45) is 0 Å². The van der Waals surface area contributed by atoms with Crippen LogP contribution in [0.2, 0.25) is 0 Å². The molecule has 0 N–H and O–H groups in total. The van der Waals surface area contributed by atoms with Crippen molar-refractivity contribution in [3.63, 3.8) is 0 Å². The van der Waals surface area contributed by atoms with Crippen LogP contribution in [0.4, 0.5) is 8.39 Å². The van der Waals surface area contributed by atoms with E-state index in [1.54, 1.807) is 0 Å². The minimum absolute atomic E-state index is 2.72. The number of rotatable bonds is 0. The van der Waals surface area contributed by atoms with Crippen LogP contribution in [0.15, 0.2) is 0 Å². The lowest BCUT2D eigenvalue weighted by molar-refractivity contribution is 0.772. The number of halogens is 2. The molecule has 0 fully saturated rings. The average molecular weight is 134 g/mol. The molecule has 0 unspecified atom stereocenters. The predicted molar refractivity (Wildman–Crippen MR) is 25.5 cm³/mol. The molecule has 0 aliphatic carbocycles. The van der Waals surface area contributed by atoms with E-state index in [2.05, 4.69) is 24.1 Å². The molecule has 0 rings (SSSR count). The van der Waals surface area contributed by atoms with Crippen LogP contribution < -0.4 is 0 Å². The highest BCUT2D eigenvalue weighted by molar-refractivity contribution is 8.59. The Bertz CT molecular complexity index is 53.8. The molecule has 5 heteroatoms. The summed E-state index contributed by atoms with van der Waals surface area (Å²) in [5.74, 6) is -4.11. The highest BCUT2D eigenvalue weighted by atomic mass is 32.9. The molecule has 0 radical (unpaired) electrons. The first-order valence-electron chi connectivity index (χ1n) is 0.721. The van der Waals surface area contributed by atoms with Gasteiger partial charge in [-0.3, -0.25) is 0 Å². The number of hydrogen-bond donors (Lipinski definition) is 1. The predicted octanol–water partition coefficient (Wildman–Crippen LogP) is 2.08. The maximum atomic E-state index is 10.8. The quantitative estimate of drug-likeness (QED) is 0.391. The minimum atomic E-state index is -4.11. The Morgan fingerprint density at radius 3 is 1.60 bits per heavy atom. The highest BCUT2D eigenvalue weighted by Gasteiger charge is 1.99. The van der Waals surface area contributed by atoms with Gasteiger partial charge < -0.3 is 0 Å². The van der Waals surface area contributed by atoms with Crippen LogP contribution in [-0.2, 0) is 11.8 Å². The van der Waals surface area contributed by atoms with E-state index < -0.39 is 5.86 Å². The molecular weight excluding hydrogens is 133 g/mol. The zero-order chi connectivity index (χ0) is 4.50. The molecule has 0 bridgehead atoms. The van der Waals surface area contributed by atoms with Crippen molar-refractivity contribution in [3.8, 4) is 0 Å². The lowest BCUT2D eigenvalue weighted by atomic mass is 18.8. The van der Waals surface area contributed by atoms with Gasteiger partial charge in [0.15, 0.2) is 0 Å². The summed E-state index contributed by atoms with van der Waals surface area (Å²) in [6.45, 7) is 0. The van der Waals surface area contributed by atoms with E-state index >= 15 is 0 Å². The zero-order valence-electron chi connectivity index (χ0n) is 2.06. The topological polar surface area (TPSA) is 0 Å². The maximum absolute atomic E-state index is 10.8. The summed E-state index contributed by atoms with van der Waals surface area (Å²) in [7, 11) is 0. The second-order valence-electron chi connectivity index (χ2n) is 0.435. The summed E-state index contributed by atoms with van der Waals surface area (Å²) in [6.07, 6.45) is 0. The molecule has 0 atom stereocenters. The van der Waals surface area contributed by atoms with Gasteiger partial charge >= 0.3 is 5.86 Å². The molecule has 0 heterocycles. The number of hydrogen-bond acceptors (Lipinski definition) is 1. The fourth-order valence-corrected chi connectivity index (χ4v) is 0. The Labute approximate surface area is 39.0 Å². The Kier molecular flexibility index (Phi) is 1.80. The molecule has 0 aromatic carbocycles. The van der Waals surface area contributed by atoms with Crippen LogP contribution in [0.1, 0.15) is 0 Å². The fourth-order valence-electron chi connectivity index (χ4n) is 0. The summed E-state index contributed by atoms with van der Waals surface area (Å²) >= 11 is 6.18. The van der Waals surface area contributed by atoms with E-state index in [1.165, 1.54) is 0 Å². The molecule has 0 aliphatic heterocycles. The van der Waals surface area contributed by atoms with Crippen molar-refractivity contribution in [2.75, 3.05) is 0 Å². The van der Waals surface area contributed by atoms with E-state index in [9.17, 15) is 8.39 Å². The molecule has 0 nitrogen and oxygen atoms in total. The normalized spacial score (nSPS) is 11.8. The van der Waals surface area contributed by atoms with Crippen molar-refractivity contribution in [1.29, 1.82) is 0 Å². The molecule has 32 valence electrons. The Morgan fingerprint density at radius 2 is 1.60 bits per heavy atom. The van der Waals surface area contributed by atoms with Crippen molar-refractivity contribution in [3.05, 3.63) is 0 Å². The standard InChI is InChI=1S/F2HPS2/c1-3(2,4)5/h(H,4,5). The van der Waals surface area contributed by atoms with Gasteiger partial charge in [-0.15, -0.1) is 0 Å². The fraction of sp³-hybridized carbons (Fsp3) is 0. The highest BCUT2D eigenvalue weighted by Crippen LogP contribution is 2.54. The van der Waals surface area contributed by atoms with Crippen LogP contribution >= 0.6 is 18.1 Å². The van der Waals surface area contributed by atoms with Crippen molar-refractivity contribution >= 4 is 29.9 Å². The van der Waals surface area contributed by atoms with Gasteiger partial charge in [-0.1, -0.05) is 12.2 Å². The molecule has 5 heavy (non-hydrogen) atoms. The summed E-state index contributed by atoms with van der Waals surface area (Å²) in [5, 5.41) is 0. The first-order valence-corrected chi connectivity index (χ1v) is 4.46. The van der Waals surface area contributed by atoms with Gasteiger partial charge in [0.2, 0.25) is 0 Å². The molecule has 0 aromatic rings. The SMILES string of the molecule is FP(F)(=S)S. The maximum Gasteiger partial charge on any atom is 0.323 e. The van der Waals surface area contributed by atoms with Gasteiger partial charge in [0.25, 0.3) is 0 Å². The number of thiol groups is 1. The summed E-state index contributed by atoms with van der Waals surface area (Å²) in [5.41, 5.74) is 0. The smallest absolute Gasteiger partial charge is 0.170 e. The van der Waals surface area contributed by atoms with Gasteiger partial charge in [-0.2, -0.15) is 8.39 Å². The van der Waals surface area contributed by atoms with E-state index in [0.29, 0.717) is 0 Å². The largest absolute Gasteiger partial charge is 0.323 e. The second-order valence-corrected chi connectivity index (χ2v) is 5.00. The Hall–Kier alpha value is 0.860. The Balaban J connectivity index is 3.47. The zero-order valence-corrected chi connectivity index (χ0v) is 4.66. The molecular formula is HF2PS2. The lowest BCUT2D eigenvalue weighted by Crippen LogP contribution is -1.25. The average Bonchev–Trinajstić information content (AvgIpc) is 0.722. The first-order chi connectivity index (χ1) is 2.00. The molecule has 0 aliphatic rings. The molecule has 0 saturated carbocycles. The van der Waals surface area contributed by atoms with E-state index in [0.717, 1.165) is 0 Å². The third-order valence-electron chi connectivity index (χ3n) is 0. The van der Waals surface area contributed by atoms with Crippen LogP contribution in [0.3, 0.4) is 0 Å². The van der Waals surface area contributed by atoms with Crippen LogP contribution in [-0.4, -0.2) is 0 Å². The lowest BCUT2D eigenvalue weighted by Gasteiger charge is -1.78. The van der Waals surface area contributed by atoms with E-state index in [4.69, 9.17) is 0 Å². The van der Waals surface area contributed by atoms with Gasteiger partial charge in [-0.05, 0) is 11.8 Å². The van der Waals surface area contributed by atoms with Gasteiger partial charge in [0, 0.05) is 0 Å². The third-order valence-corrected chi connectivity index (χ3v) is 0. The molecule has 0 aromatic heterocycles. The Morgan fingerprint density at radius 1 is 1.60 bits per heavy atom. The minimum Gasteiger partial charge on any atom is -0.170 e. The third kappa shape index (κ3) is 53.7. The van der Waals surface area contributed by atoms with Gasteiger partial charge in [0.05, 0.1) is 0 Å². The summed E-state index contributed by atoms with van der Waals surface area (Å²) in [6, 6.07) is 0. The molecule has 0 amide bonds. The summed E-state index contributed by atoms with van der Waals surface area (Å²) in [4.78, 5) is 0.